The van der Waals surface area contributed by atoms with E-state index in [1.165, 1.54) is 28.6 Å². The Morgan fingerprint density at radius 1 is 0.919 bits per heavy atom. The SMILES string of the molecule is CC(C)c1ccc(N(CC(=O)N/N=C\c2ccc3c4c(cccc24)CC3)S(=O)(=O)c2ccccc2)cc1. The number of nitrogens with zero attached hydrogens (tertiary/aromatic N) is 2. The van der Waals surface area contributed by atoms with Crippen LogP contribution in [-0.4, -0.2) is 27.1 Å². The summed E-state index contributed by atoms with van der Waals surface area (Å²) in [5, 5.41) is 6.53. The van der Waals surface area contributed by atoms with E-state index in [4.69, 9.17) is 0 Å². The van der Waals surface area contributed by atoms with Gasteiger partial charge in [0.25, 0.3) is 15.9 Å². The zero-order valence-corrected chi connectivity index (χ0v) is 21.7. The van der Waals surface area contributed by atoms with Crippen LogP contribution in [0.4, 0.5) is 5.69 Å². The fourth-order valence-corrected chi connectivity index (χ4v) is 6.22. The maximum absolute atomic E-state index is 13.5. The molecule has 0 bridgehead atoms. The molecular formula is C30H29N3O3S. The van der Waals surface area contributed by atoms with Crippen LogP contribution < -0.4 is 9.73 Å². The van der Waals surface area contributed by atoms with Gasteiger partial charge in [0.05, 0.1) is 16.8 Å². The third-order valence-electron chi connectivity index (χ3n) is 6.77. The molecule has 0 fully saturated rings. The van der Waals surface area contributed by atoms with Gasteiger partial charge in [-0.2, -0.15) is 5.10 Å². The number of hydrogen-bond acceptors (Lipinski definition) is 4. The van der Waals surface area contributed by atoms with Crippen molar-refractivity contribution in [1.29, 1.82) is 0 Å². The van der Waals surface area contributed by atoms with Gasteiger partial charge in [0.2, 0.25) is 0 Å². The van der Waals surface area contributed by atoms with Crippen LogP contribution in [0.25, 0.3) is 10.8 Å². The number of hydrazone groups is 1. The van der Waals surface area contributed by atoms with E-state index in [-0.39, 0.29) is 4.90 Å². The highest BCUT2D eigenvalue weighted by atomic mass is 32.2. The Bertz CT molecular complexity index is 1570. The third kappa shape index (κ3) is 5.00. The molecule has 0 spiro atoms. The van der Waals surface area contributed by atoms with Gasteiger partial charge < -0.3 is 0 Å². The zero-order chi connectivity index (χ0) is 26.0. The fraction of sp³-hybridized carbons (Fsp3) is 0.200. The highest BCUT2D eigenvalue weighted by Gasteiger charge is 2.27. The Morgan fingerprint density at radius 2 is 1.62 bits per heavy atom. The first-order valence-electron chi connectivity index (χ1n) is 12.4. The second-order valence-electron chi connectivity index (χ2n) is 9.52. The normalized spacial score (nSPS) is 12.9. The molecule has 37 heavy (non-hydrogen) atoms. The Morgan fingerprint density at radius 3 is 2.32 bits per heavy atom. The minimum absolute atomic E-state index is 0.118. The number of rotatable bonds is 8. The number of carbonyl (C=O) groups excluding carboxylic acids is 1. The summed E-state index contributed by atoms with van der Waals surface area (Å²) < 4.78 is 28.1. The molecule has 188 valence electrons. The van der Waals surface area contributed by atoms with E-state index in [0.717, 1.165) is 33.7 Å². The highest BCUT2D eigenvalue weighted by molar-refractivity contribution is 7.92. The number of hydrogen-bond donors (Lipinski definition) is 1. The number of sulfonamides is 1. The van der Waals surface area contributed by atoms with Crippen LogP contribution in [0.15, 0.2) is 94.9 Å². The van der Waals surface area contributed by atoms with E-state index in [0.29, 0.717) is 11.6 Å². The summed E-state index contributed by atoms with van der Waals surface area (Å²) in [6.07, 6.45) is 3.69. The van der Waals surface area contributed by atoms with Gasteiger partial charge in [0.15, 0.2) is 0 Å². The van der Waals surface area contributed by atoms with Crippen LogP contribution in [0.2, 0.25) is 0 Å². The molecule has 4 aromatic rings. The van der Waals surface area contributed by atoms with Crippen LogP contribution in [-0.2, 0) is 27.7 Å². The largest absolute Gasteiger partial charge is 0.271 e. The summed E-state index contributed by atoms with van der Waals surface area (Å²) in [5.41, 5.74) is 7.58. The molecule has 0 heterocycles. The second-order valence-corrected chi connectivity index (χ2v) is 11.4. The van der Waals surface area contributed by atoms with Crippen LogP contribution in [0.1, 0.15) is 42.0 Å². The van der Waals surface area contributed by atoms with Crippen molar-refractivity contribution in [3.63, 3.8) is 0 Å². The van der Waals surface area contributed by atoms with Crippen LogP contribution in [0.3, 0.4) is 0 Å². The molecule has 0 radical (unpaired) electrons. The first-order valence-corrected chi connectivity index (χ1v) is 13.8. The Kier molecular flexibility index (Phi) is 6.80. The van der Waals surface area contributed by atoms with Crippen LogP contribution in [0, 0.1) is 0 Å². The molecule has 1 aliphatic rings. The lowest BCUT2D eigenvalue weighted by atomic mass is 10.0. The topological polar surface area (TPSA) is 78.8 Å². The summed E-state index contributed by atoms with van der Waals surface area (Å²) in [6, 6.07) is 25.7. The minimum Gasteiger partial charge on any atom is -0.271 e. The summed E-state index contributed by atoms with van der Waals surface area (Å²) in [7, 11) is -3.97. The lowest BCUT2D eigenvalue weighted by Gasteiger charge is -2.24. The van der Waals surface area contributed by atoms with Crippen molar-refractivity contribution < 1.29 is 13.2 Å². The molecular weight excluding hydrogens is 482 g/mol. The van der Waals surface area contributed by atoms with Crippen LogP contribution >= 0.6 is 0 Å². The molecule has 0 aromatic heterocycles. The standard InChI is InChI=1S/C30H29N3O3S/c1-21(2)22-15-17-26(18-16-22)33(37(35,36)27-8-4-3-5-9-27)20-29(34)32-31-19-25-14-13-24-12-11-23-7-6-10-28(25)30(23)24/h3-10,13-19,21H,11-12,20H2,1-2H3,(H,32,34)/b31-19-. The summed E-state index contributed by atoms with van der Waals surface area (Å²) in [4.78, 5) is 13.0. The van der Waals surface area contributed by atoms with Crippen molar-refractivity contribution in [2.24, 2.45) is 5.10 Å². The smallest absolute Gasteiger partial charge is 0.264 e. The van der Waals surface area contributed by atoms with Gasteiger partial charge in [0.1, 0.15) is 6.54 Å². The van der Waals surface area contributed by atoms with Crippen molar-refractivity contribution in [1.82, 2.24) is 5.43 Å². The van der Waals surface area contributed by atoms with Gasteiger partial charge >= 0.3 is 0 Å². The molecule has 1 N–H and O–H groups in total. The monoisotopic (exact) mass is 511 g/mol. The fourth-order valence-electron chi connectivity index (χ4n) is 4.78. The average molecular weight is 512 g/mol. The molecule has 6 nitrogen and oxygen atoms in total. The average Bonchev–Trinajstić information content (AvgIpc) is 3.34. The first kappa shape index (κ1) is 24.7. The van der Waals surface area contributed by atoms with Gasteiger partial charge in [-0.1, -0.05) is 74.5 Å². The number of aryl methyl sites for hydroxylation is 2. The molecule has 0 aliphatic heterocycles. The molecule has 7 heteroatoms. The number of anilines is 1. The molecule has 0 saturated heterocycles. The van der Waals surface area contributed by atoms with E-state index >= 15 is 0 Å². The van der Waals surface area contributed by atoms with Gasteiger partial charge in [-0.05, 0) is 70.5 Å². The van der Waals surface area contributed by atoms with Gasteiger partial charge in [-0.25, -0.2) is 13.8 Å². The third-order valence-corrected chi connectivity index (χ3v) is 8.56. The Balaban J connectivity index is 1.39. The highest BCUT2D eigenvalue weighted by Crippen LogP contribution is 2.32. The Hall–Kier alpha value is -3.97. The quantitative estimate of drug-likeness (QED) is 0.254. The number of nitrogens with one attached hydrogen (secondary N) is 1. The molecule has 4 aromatic carbocycles. The maximum atomic E-state index is 13.5. The summed E-state index contributed by atoms with van der Waals surface area (Å²) >= 11 is 0. The molecule has 0 unspecified atom stereocenters. The van der Waals surface area contributed by atoms with E-state index in [9.17, 15) is 13.2 Å². The number of benzene rings is 4. The number of carbonyl (C=O) groups is 1. The van der Waals surface area contributed by atoms with Crippen LogP contribution in [0.5, 0.6) is 0 Å². The lowest BCUT2D eigenvalue weighted by molar-refractivity contribution is -0.119. The molecule has 0 saturated carbocycles. The van der Waals surface area contributed by atoms with Gasteiger partial charge in [0, 0.05) is 5.56 Å². The minimum atomic E-state index is -3.97. The summed E-state index contributed by atoms with van der Waals surface area (Å²) in [5.74, 6) is -0.230. The zero-order valence-electron chi connectivity index (χ0n) is 20.9. The van der Waals surface area contributed by atoms with Crippen molar-refractivity contribution in [3.05, 3.63) is 107 Å². The number of amides is 1. The Labute approximate surface area is 217 Å². The molecule has 1 aliphatic carbocycles. The molecule has 0 atom stereocenters. The van der Waals surface area contributed by atoms with Gasteiger partial charge in [-0.3, -0.25) is 9.10 Å². The maximum Gasteiger partial charge on any atom is 0.264 e. The van der Waals surface area contributed by atoms with Crippen molar-refractivity contribution in [2.75, 3.05) is 10.8 Å². The predicted octanol–water partition coefficient (Wildman–Crippen LogP) is 5.41. The lowest BCUT2D eigenvalue weighted by Crippen LogP contribution is -2.39. The van der Waals surface area contributed by atoms with E-state index < -0.39 is 22.5 Å². The second kappa shape index (κ2) is 10.2. The first-order chi connectivity index (χ1) is 17.8. The predicted molar refractivity (Wildman–Crippen MR) is 149 cm³/mol. The molecule has 1 amide bonds. The van der Waals surface area contributed by atoms with Crippen molar-refractivity contribution in [2.45, 2.75) is 37.5 Å². The summed E-state index contributed by atoms with van der Waals surface area (Å²) in [6.45, 7) is 3.74. The van der Waals surface area contributed by atoms with E-state index in [1.54, 1.807) is 36.5 Å². The molecule has 5 rings (SSSR count). The van der Waals surface area contributed by atoms with E-state index in [2.05, 4.69) is 42.6 Å². The van der Waals surface area contributed by atoms with Crippen molar-refractivity contribution in [3.8, 4) is 0 Å². The van der Waals surface area contributed by atoms with Gasteiger partial charge in [-0.15, -0.1) is 0 Å². The van der Waals surface area contributed by atoms with Crippen molar-refractivity contribution >= 4 is 38.6 Å². The van der Waals surface area contributed by atoms with E-state index in [1.807, 2.05) is 24.3 Å².